The molecule has 0 unspecified atom stereocenters. The summed E-state index contributed by atoms with van der Waals surface area (Å²) < 4.78 is 13.9. The van der Waals surface area contributed by atoms with Gasteiger partial charge >= 0.3 is 7.12 Å². The summed E-state index contributed by atoms with van der Waals surface area (Å²) in [5, 5.41) is 21.2. The second kappa shape index (κ2) is 2.57. The smallest absolute Gasteiger partial charge is 0.423 e. The van der Waals surface area contributed by atoms with E-state index in [1.165, 1.54) is 17.1 Å². The molecule has 2 rings (SSSR count). The fourth-order valence-electron chi connectivity index (χ4n) is 1.09. The summed E-state index contributed by atoms with van der Waals surface area (Å²) in [5.41, 5.74) is 0.300. The van der Waals surface area contributed by atoms with Crippen LogP contribution in [0.2, 0.25) is 0 Å². The number of rotatable bonds is 2. The Morgan fingerprint density at radius 3 is 2.75 bits per heavy atom. The predicted octanol–water partition coefficient (Wildman–Crippen LogP) is -1.15. The Labute approximate surface area is 68.8 Å². The van der Waals surface area contributed by atoms with Crippen LogP contribution in [0.4, 0.5) is 4.39 Å². The predicted molar refractivity (Wildman–Crippen MR) is 40.6 cm³/mol. The molecule has 0 bridgehead atoms. The highest BCUT2D eigenvalue weighted by molar-refractivity contribution is 6.58. The van der Waals surface area contributed by atoms with Crippen LogP contribution >= 0.6 is 0 Å². The molecule has 64 valence electrons. The Morgan fingerprint density at radius 1 is 1.67 bits per heavy atom. The first kappa shape index (κ1) is 7.76. The van der Waals surface area contributed by atoms with Gasteiger partial charge < -0.3 is 10.0 Å². The average molecular weight is 170 g/mol. The highest BCUT2D eigenvalue weighted by Crippen LogP contribution is 2.37. The average Bonchev–Trinajstić information content (AvgIpc) is 2.59. The third-order valence-corrected chi connectivity index (χ3v) is 1.94. The molecule has 2 N–H and O–H groups in total. The van der Waals surface area contributed by atoms with Gasteiger partial charge in [0, 0.05) is 24.3 Å². The van der Waals surface area contributed by atoms with Crippen LogP contribution in [0.15, 0.2) is 12.4 Å². The van der Waals surface area contributed by atoms with Crippen LogP contribution in [0.25, 0.3) is 0 Å². The van der Waals surface area contributed by atoms with Crippen molar-refractivity contribution in [2.24, 2.45) is 0 Å². The number of aromatic nitrogens is 2. The van der Waals surface area contributed by atoms with Crippen molar-refractivity contribution in [1.82, 2.24) is 9.78 Å². The molecule has 2 atom stereocenters. The number of alkyl halides is 1. The van der Waals surface area contributed by atoms with Crippen molar-refractivity contribution in [2.45, 2.75) is 18.6 Å². The molecule has 6 heteroatoms. The largest absolute Gasteiger partial charge is 0.491 e. The first-order valence-corrected chi connectivity index (χ1v) is 3.73. The fourth-order valence-corrected chi connectivity index (χ4v) is 1.09. The topological polar surface area (TPSA) is 58.3 Å². The maximum absolute atomic E-state index is 12.5. The van der Waals surface area contributed by atoms with E-state index in [2.05, 4.69) is 5.10 Å². The summed E-state index contributed by atoms with van der Waals surface area (Å²) in [6.07, 6.45) is 2.43. The molecule has 12 heavy (non-hydrogen) atoms. The Bertz CT molecular complexity index is 291. The lowest BCUT2D eigenvalue weighted by atomic mass is 9.83. The zero-order valence-corrected chi connectivity index (χ0v) is 6.26. The van der Waals surface area contributed by atoms with E-state index >= 15 is 0 Å². The lowest BCUT2D eigenvalue weighted by Gasteiger charge is -1.94. The summed E-state index contributed by atoms with van der Waals surface area (Å²) in [7, 11) is -1.52. The number of halogens is 1. The lowest BCUT2D eigenvalue weighted by molar-refractivity contribution is 0.424. The van der Waals surface area contributed by atoms with E-state index in [1.54, 1.807) is 0 Å². The summed E-state index contributed by atoms with van der Waals surface area (Å²) in [4.78, 5) is 0. The van der Waals surface area contributed by atoms with Crippen LogP contribution in [0.1, 0.15) is 12.5 Å². The van der Waals surface area contributed by atoms with E-state index in [0.717, 1.165) is 0 Å². The number of hydrogen-bond donors (Lipinski definition) is 2. The highest BCUT2D eigenvalue weighted by atomic mass is 19.1. The first-order chi connectivity index (χ1) is 5.68. The quantitative estimate of drug-likeness (QED) is 0.550. The Kier molecular flexibility index (Phi) is 1.66. The van der Waals surface area contributed by atoms with Gasteiger partial charge in [0.05, 0.1) is 6.04 Å². The molecule has 1 aromatic heterocycles. The maximum Gasteiger partial charge on any atom is 0.491 e. The van der Waals surface area contributed by atoms with Crippen molar-refractivity contribution in [3.8, 4) is 0 Å². The molecule has 1 heterocycles. The normalized spacial score (nSPS) is 27.2. The van der Waals surface area contributed by atoms with Crippen molar-refractivity contribution < 1.29 is 14.4 Å². The van der Waals surface area contributed by atoms with Crippen LogP contribution in [-0.4, -0.2) is 33.1 Å². The van der Waals surface area contributed by atoms with Crippen molar-refractivity contribution in [1.29, 1.82) is 0 Å². The number of nitrogens with zero attached hydrogens (tertiary/aromatic N) is 2. The molecular weight excluding hydrogens is 162 g/mol. The van der Waals surface area contributed by atoms with Gasteiger partial charge in [-0.25, -0.2) is 4.39 Å². The van der Waals surface area contributed by atoms with E-state index < -0.39 is 13.3 Å². The molecule has 1 aliphatic rings. The molecule has 0 saturated heterocycles. The molecule has 4 nitrogen and oxygen atoms in total. The van der Waals surface area contributed by atoms with Crippen molar-refractivity contribution >= 4 is 12.6 Å². The zero-order chi connectivity index (χ0) is 8.72. The van der Waals surface area contributed by atoms with Crippen LogP contribution in [0.3, 0.4) is 0 Å². The van der Waals surface area contributed by atoms with E-state index in [9.17, 15) is 4.39 Å². The SMILES string of the molecule is OB(O)c1cnn([C@H]2C[C@@H]2F)c1. The van der Waals surface area contributed by atoms with Crippen LogP contribution < -0.4 is 5.46 Å². The van der Waals surface area contributed by atoms with Gasteiger partial charge in [0.2, 0.25) is 0 Å². The summed E-state index contributed by atoms with van der Waals surface area (Å²) in [6, 6.07) is -0.197. The van der Waals surface area contributed by atoms with E-state index in [-0.39, 0.29) is 6.04 Å². The van der Waals surface area contributed by atoms with E-state index in [0.29, 0.717) is 11.9 Å². The van der Waals surface area contributed by atoms with Gasteiger partial charge in [-0.3, -0.25) is 4.68 Å². The monoisotopic (exact) mass is 170 g/mol. The second-order valence-electron chi connectivity index (χ2n) is 2.95. The van der Waals surface area contributed by atoms with Gasteiger partial charge in [-0.1, -0.05) is 0 Å². The third-order valence-electron chi connectivity index (χ3n) is 1.94. The Hall–Kier alpha value is -0.875. The van der Waals surface area contributed by atoms with Crippen molar-refractivity contribution in [2.75, 3.05) is 0 Å². The number of hydrogen-bond acceptors (Lipinski definition) is 3. The zero-order valence-electron chi connectivity index (χ0n) is 6.26. The third kappa shape index (κ3) is 1.23. The lowest BCUT2D eigenvalue weighted by Crippen LogP contribution is -2.28. The van der Waals surface area contributed by atoms with Gasteiger partial charge in [-0.05, 0) is 0 Å². The minimum Gasteiger partial charge on any atom is -0.423 e. The summed E-state index contributed by atoms with van der Waals surface area (Å²) in [5.74, 6) is 0. The molecule has 1 fully saturated rings. The maximum atomic E-state index is 12.5. The van der Waals surface area contributed by atoms with Gasteiger partial charge in [-0.15, -0.1) is 0 Å². The van der Waals surface area contributed by atoms with Crippen LogP contribution in [0.5, 0.6) is 0 Å². The van der Waals surface area contributed by atoms with E-state index in [4.69, 9.17) is 10.0 Å². The molecule has 1 aromatic rings. The van der Waals surface area contributed by atoms with Crippen LogP contribution in [0, 0.1) is 0 Å². The molecule has 0 radical (unpaired) electrons. The standard InChI is InChI=1S/C6H8BFN2O2/c8-5-1-6(5)10-3-4(2-9-10)7(11)12/h2-3,5-6,11-12H,1H2/t5-,6-/m0/s1. The van der Waals surface area contributed by atoms with Crippen LogP contribution in [-0.2, 0) is 0 Å². The van der Waals surface area contributed by atoms with Gasteiger partial charge in [0.25, 0.3) is 0 Å². The molecule has 1 saturated carbocycles. The van der Waals surface area contributed by atoms with Crippen molar-refractivity contribution in [3.63, 3.8) is 0 Å². The molecule has 0 spiro atoms. The molecule has 1 aliphatic carbocycles. The fraction of sp³-hybridized carbons (Fsp3) is 0.500. The Morgan fingerprint density at radius 2 is 2.33 bits per heavy atom. The molecule has 0 amide bonds. The van der Waals surface area contributed by atoms with Gasteiger partial charge in [0.15, 0.2) is 0 Å². The van der Waals surface area contributed by atoms with Gasteiger partial charge in [0.1, 0.15) is 6.17 Å². The summed E-state index contributed by atoms with van der Waals surface area (Å²) >= 11 is 0. The Balaban J connectivity index is 2.14. The summed E-state index contributed by atoms with van der Waals surface area (Å²) in [6.45, 7) is 0. The van der Waals surface area contributed by atoms with Crippen molar-refractivity contribution in [3.05, 3.63) is 12.4 Å². The molecular formula is C6H8BFN2O2. The van der Waals surface area contributed by atoms with Gasteiger partial charge in [-0.2, -0.15) is 5.10 Å². The first-order valence-electron chi connectivity index (χ1n) is 3.73. The minimum absolute atomic E-state index is 0.197. The molecule has 0 aromatic carbocycles. The second-order valence-corrected chi connectivity index (χ2v) is 2.95. The minimum atomic E-state index is -1.52. The van der Waals surface area contributed by atoms with E-state index in [1.807, 2.05) is 0 Å². The highest BCUT2D eigenvalue weighted by Gasteiger charge is 2.40. The molecule has 0 aliphatic heterocycles.